The molecule has 2 N–H and O–H groups in total. The summed E-state index contributed by atoms with van der Waals surface area (Å²) >= 11 is 5.36. The smallest absolute Gasteiger partial charge is 0.0360 e. The van der Waals surface area contributed by atoms with Crippen LogP contribution in [0, 0.1) is 11.8 Å². The highest BCUT2D eigenvalue weighted by molar-refractivity contribution is 9.10. The van der Waals surface area contributed by atoms with E-state index in [1.165, 1.54) is 28.6 Å². The topological polar surface area (TPSA) is 29.3 Å². The lowest BCUT2D eigenvalue weighted by atomic mass is 9.67. The van der Waals surface area contributed by atoms with Gasteiger partial charge in [0.05, 0.1) is 0 Å². The van der Waals surface area contributed by atoms with Crippen LogP contribution in [0.15, 0.2) is 15.9 Å². The molecular weight excluding hydrogens is 320 g/mol. The second-order valence-corrected chi connectivity index (χ2v) is 7.96. The van der Waals surface area contributed by atoms with E-state index in [-0.39, 0.29) is 5.54 Å². The first-order chi connectivity index (χ1) is 8.99. The Morgan fingerprint density at radius 2 is 2.26 bits per heavy atom. The van der Waals surface area contributed by atoms with Crippen LogP contribution in [0.2, 0.25) is 0 Å². The summed E-state index contributed by atoms with van der Waals surface area (Å²) in [6, 6.07) is 2.22. The van der Waals surface area contributed by atoms with E-state index in [0.717, 1.165) is 19.0 Å². The molecule has 1 aliphatic carbocycles. The molecule has 1 saturated carbocycles. The Kier molecular flexibility index (Phi) is 5.09. The number of rotatable bonds is 4. The third-order valence-corrected chi connectivity index (χ3v) is 6.78. The maximum atomic E-state index is 6.20. The maximum Gasteiger partial charge on any atom is 0.0360 e. The Balaban J connectivity index is 2.15. The quantitative estimate of drug-likeness (QED) is 0.890. The average molecular weight is 345 g/mol. The highest BCUT2D eigenvalue weighted by Crippen LogP contribution is 2.41. The molecule has 1 aromatic heterocycles. The summed E-state index contributed by atoms with van der Waals surface area (Å²) in [6.45, 7) is 6.54. The van der Waals surface area contributed by atoms with Crippen molar-refractivity contribution in [1.82, 2.24) is 4.90 Å². The molecule has 1 aromatic rings. The summed E-state index contributed by atoms with van der Waals surface area (Å²) < 4.78 is 1.19. The molecular formula is C15H25BrN2S. The number of nitrogens with zero attached hydrogens (tertiary/aromatic N) is 1. The molecule has 3 unspecified atom stereocenters. The van der Waals surface area contributed by atoms with Crippen molar-refractivity contribution >= 4 is 27.3 Å². The van der Waals surface area contributed by atoms with Crippen molar-refractivity contribution in [2.75, 3.05) is 13.6 Å². The molecule has 4 heteroatoms. The lowest BCUT2D eigenvalue weighted by Crippen LogP contribution is -2.59. The van der Waals surface area contributed by atoms with E-state index in [9.17, 15) is 0 Å². The highest BCUT2D eigenvalue weighted by atomic mass is 79.9. The van der Waals surface area contributed by atoms with Gasteiger partial charge in [-0.05, 0) is 47.3 Å². The minimum atomic E-state index is 0.175. The van der Waals surface area contributed by atoms with Crippen LogP contribution in [0.4, 0.5) is 0 Å². The molecule has 2 rings (SSSR count). The third kappa shape index (κ3) is 3.07. The van der Waals surface area contributed by atoms with Gasteiger partial charge in [0.2, 0.25) is 0 Å². The normalized spacial score (nSPS) is 31.9. The van der Waals surface area contributed by atoms with Crippen LogP contribution in [0.3, 0.4) is 0 Å². The molecule has 3 atom stereocenters. The minimum Gasteiger partial charge on any atom is -0.329 e. The van der Waals surface area contributed by atoms with Crippen molar-refractivity contribution in [3.63, 3.8) is 0 Å². The number of thiophene rings is 1. The molecule has 1 heterocycles. The molecule has 19 heavy (non-hydrogen) atoms. The molecule has 1 fully saturated rings. The Morgan fingerprint density at radius 1 is 1.53 bits per heavy atom. The molecule has 0 spiro atoms. The zero-order valence-electron chi connectivity index (χ0n) is 12.2. The first-order valence-electron chi connectivity index (χ1n) is 7.14. The van der Waals surface area contributed by atoms with Gasteiger partial charge in [-0.3, -0.25) is 4.90 Å². The van der Waals surface area contributed by atoms with Crippen LogP contribution in [-0.4, -0.2) is 24.0 Å². The van der Waals surface area contributed by atoms with Crippen LogP contribution < -0.4 is 5.73 Å². The summed E-state index contributed by atoms with van der Waals surface area (Å²) in [5.41, 5.74) is 6.38. The molecule has 1 aliphatic rings. The summed E-state index contributed by atoms with van der Waals surface area (Å²) in [6.07, 6.45) is 3.89. The van der Waals surface area contributed by atoms with Gasteiger partial charge in [0.15, 0.2) is 0 Å². The Hall–Kier alpha value is 0.1000. The van der Waals surface area contributed by atoms with E-state index in [4.69, 9.17) is 5.73 Å². The predicted molar refractivity (Wildman–Crippen MR) is 87.5 cm³/mol. The van der Waals surface area contributed by atoms with Gasteiger partial charge >= 0.3 is 0 Å². The number of hydrogen-bond donors (Lipinski definition) is 1. The van der Waals surface area contributed by atoms with Gasteiger partial charge in [-0.25, -0.2) is 0 Å². The van der Waals surface area contributed by atoms with Gasteiger partial charge in [-0.1, -0.05) is 26.7 Å². The van der Waals surface area contributed by atoms with Gasteiger partial charge in [0.25, 0.3) is 0 Å². The molecule has 0 bridgehead atoms. The van der Waals surface area contributed by atoms with E-state index >= 15 is 0 Å². The van der Waals surface area contributed by atoms with Crippen molar-refractivity contribution in [1.29, 1.82) is 0 Å². The van der Waals surface area contributed by atoms with E-state index in [1.54, 1.807) is 0 Å². The lowest BCUT2D eigenvalue weighted by molar-refractivity contribution is 0.00194. The largest absolute Gasteiger partial charge is 0.329 e. The Labute approximate surface area is 129 Å². The summed E-state index contributed by atoms with van der Waals surface area (Å²) in [4.78, 5) is 3.92. The summed E-state index contributed by atoms with van der Waals surface area (Å²) in [7, 11) is 2.25. The number of likely N-dealkylation sites (N-methyl/N-ethyl adjacent to an activating group) is 1. The zero-order chi connectivity index (χ0) is 14.0. The number of halogens is 1. The van der Waals surface area contributed by atoms with Gasteiger partial charge in [0.1, 0.15) is 0 Å². The van der Waals surface area contributed by atoms with Gasteiger partial charge in [0, 0.05) is 33.4 Å². The molecule has 0 saturated heterocycles. The fourth-order valence-corrected chi connectivity index (χ4v) is 5.05. The van der Waals surface area contributed by atoms with Crippen molar-refractivity contribution < 1.29 is 0 Å². The molecule has 108 valence electrons. The molecule has 0 aromatic carbocycles. The second kappa shape index (κ2) is 6.25. The summed E-state index contributed by atoms with van der Waals surface area (Å²) in [5, 5.41) is 2.16. The maximum absolute atomic E-state index is 6.20. The van der Waals surface area contributed by atoms with Crippen molar-refractivity contribution in [3.05, 3.63) is 20.8 Å². The zero-order valence-corrected chi connectivity index (χ0v) is 14.6. The molecule has 2 nitrogen and oxygen atoms in total. The van der Waals surface area contributed by atoms with Crippen LogP contribution in [0.5, 0.6) is 0 Å². The average Bonchev–Trinajstić information content (AvgIpc) is 2.78. The number of nitrogens with two attached hydrogens (primary N) is 1. The second-order valence-electron chi connectivity index (χ2n) is 6.05. The monoisotopic (exact) mass is 344 g/mol. The lowest BCUT2D eigenvalue weighted by Gasteiger charge is -2.51. The van der Waals surface area contributed by atoms with E-state index in [0.29, 0.717) is 5.92 Å². The van der Waals surface area contributed by atoms with Gasteiger partial charge in [-0.2, -0.15) is 0 Å². The fourth-order valence-electron chi connectivity index (χ4n) is 3.55. The van der Waals surface area contributed by atoms with Crippen molar-refractivity contribution in [3.8, 4) is 0 Å². The predicted octanol–water partition coefficient (Wildman–Crippen LogP) is 4.10. The first-order valence-corrected chi connectivity index (χ1v) is 8.81. The van der Waals surface area contributed by atoms with Crippen LogP contribution in [-0.2, 0) is 6.54 Å². The molecule has 0 aliphatic heterocycles. The minimum absolute atomic E-state index is 0.175. The van der Waals surface area contributed by atoms with E-state index < -0.39 is 0 Å². The molecule has 0 radical (unpaired) electrons. The van der Waals surface area contributed by atoms with Crippen molar-refractivity contribution in [2.45, 2.75) is 45.2 Å². The third-order valence-electron chi connectivity index (χ3n) is 5.10. The molecule has 0 amide bonds. The van der Waals surface area contributed by atoms with E-state index in [1.807, 2.05) is 11.3 Å². The fraction of sp³-hybridized carbons (Fsp3) is 0.733. The van der Waals surface area contributed by atoms with Crippen LogP contribution in [0.25, 0.3) is 0 Å². The van der Waals surface area contributed by atoms with E-state index in [2.05, 4.69) is 53.2 Å². The standard InChI is InChI=1S/C15H25BrN2S/c1-11-5-4-6-15(10-17,12(11)2)18(3)8-14-7-13(16)9-19-14/h7,9,11-12H,4-6,8,10,17H2,1-3H3. The SMILES string of the molecule is CC1CCCC(CN)(N(C)Cc2cc(Br)cs2)C1C. The highest BCUT2D eigenvalue weighted by Gasteiger charge is 2.43. The van der Waals surface area contributed by atoms with Gasteiger partial charge in [-0.15, -0.1) is 11.3 Å². The van der Waals surface area contributed by atoms with Crippen LogP contribution >= 0.6 is 27.3 Å². The van der Waals surface area contributed by atoms with Crippen LogP contribution in [0.1, 0.15) is 38.0 Å². The summed E-state index contributed by atoms with van der Waals surface area (Å²) in [5.74, 6) is 1.44. The number of hydrogen-bond acceptors (Lipinski definition) is 3. The Bertz CT molecular complexity index is 420. The van der Waals surface area contributed by atoms with Gasteiger partial charge < -0.3 is 5.73 Å². The van der Waals surface area contributed by atoms with Crippen molar-refractivity contribution in [2.24, 2.45) is 17.6 Å². The Morgan fingerprint density at radius 3 is 2.84 bits per heavy atom. The first kappa shape index (κ1) is 15.5.